The van der Waals surface area contributed by atoms with Crippen molar-refractivity contribution >= 4 is 46.6 Å². The number of carbonyl (C=O) groups excluding carboxylic acids is 1. The van der Waals surface area contributed by atoms with E-state index in [0.717, 1.165) is 22.4 Å². The monoisotopic (exact) mass is 519 g/mol. The van der Waals surface area contributed by atoms with E-state index >= 15 is 0 Å². The van der Waals surface area contributed by atoms with Crippen molar-refractivity contribution in [2.45, 2.75) is 5.03 Å². The van der Waals surface area contributed by atoms with Gasteiger partial charge >= 0.3 is 0 Å². The molecule has 0 unspecified atom stereocenters. The van der Waals surface area contributed by atoms with E-state index in [1.54, 1.807) is 25.3 Å². The fourth-order valence-corrected chi connectivity index (χ4v) is 4.49. The van der Waals surface area contributed by atoms with Gasteiger partial charge in [0, 0.05) is 16.8 Å². The molecule has 4 aromatic rings. The van der Waals surface area contributed by atoms with Crippen LogP contribution in [0.1, 0.15) is 5.56 Å². The number of methoxy groups -OCH3 is 1. The smallest absolute Gasteiger partial charge is 0.234 e. The Morgan fingerprint density at radius 1 is 1.00 bits per heavy atom. The first-order chi connectivity index (χ1) is 17.0. The highest BCUT2D eigenvalue weighted by Crippen LogP contribution is 2.35. The minimum Gasteiger partial charge on any atom is -0.497 e. The number of amides is 1. The lowest BCUT2D eigenvalue weighted by molar-refractivity contribution is -0.113. The molecule has 0 bridgehead atoms. The van der Waals surface area contributed by atoms with E-state index in [9.17, 15) is 10.1 Å². The zero-order chi connectivity index (χ0) is 24.8. The van der Waals surface area contributed by atoms with Crippen LogP contribution < -0.4 is 10.1 Å². The number of carbonyl (C=O) groups is 1. The third-order valence-electron chi connectivity index (χ3n) is 5.11. The number of hydrogen-bond acceptors (Lipinski definition) is 5. The average molecular weight is 520 g/mol. The summed E-state index contributed by atoms with van der Waals surface area (Å²) in [5.41, 5.74) is 4.15. The van der Waals surface area contributed by atoms with Gasteiger partial charge < -0.3 is 10.1 Å². The van der Waals surface area contributed by atoms with Gasteiger partial charge in [-0.15, -0.1) is 0 Å². The summed E-state index contributed by atoms with van der Waals surface area (Å²) in [6, 6.07) is 26.2. The maximum absolute atomic E-state index is 12.6. The highest BCUT2D eigenvalue weighted by Gasteiger charge is 2.17. The van der Waals surface area contributed by atoms with E-state index in [1.807, 2.05) is 60.7 Å². The molecule has 4 rings (SSSR count). The molecule has 8 heteroatoms. The van der Waals surface area contributed by atoms with Crippen molar-refractivity contribution in [1.29, 1.82) is 5.26 Å². The predicted molar refractivity (Wildman–Crippen MR) is 142 cm³/mol. The number of benzene rings is 3. The molecular weight excluding hydrogens is 501 g/mol. The van der Waals surface area contributed by atoms with Crippen LogP contribution in [0.15, 0.2) is 83.9 Å². The molecule has 0 fully saturated rings. The van der Waals surface area contributed by atoms with Gasteiger partial charge in [0.1, 0.15) is 16.8 Å². The topological polar surface area (TPSA) is 75.0 Å². The van der Waals surface area contributed by atoms with Crippen molar-refractivity contribution in [3.8, 4) is 34.2 Å². The van der Waals surface area contributed by atoms with Crippen LogP contribution in [-0.4, -0.2) is 23.8 Å². The number of hydrogen-bond donors (Lipinski definition) is 1. The first-order valence-electron chi connectivity index (χ1n) is 10.5. The van der Waals surface area contributed by atoms with Crippen LogP contribution in [0.25, 0.3) is 22.4 Å². The second-order valence-corrected chi connectivity index (χ2v) is 9.19. The SMILES string of the molecule is COc1ccc(-c2cc(-c3ccccc3)nc(SCC(=O)Nc3ccc(Cl)c(Cl)c3)c2C#N)cc1. The number of nitrogens with one attached hydrogen (secondary N) is 1. The molecule has 3 aromatic carbocycles. The highest BCUT2D eigenvalue weighted by atomic mass is 35.5. The lowest BCUT2D eigenvalue weighted by atomic mass is 9.99. The molecule has 1 N–H and O–H groups in total. The Morgan fingerprint density at radius 3 is 2.40 bits per heavy atom. The van der Waals surface area contributed by atoms with Gasteiger partial charge in [-0.3, -0.25) is 4.79 Å². The van der Waals surface area contributed by atoms with Crippen LogP contribution in [0, 0.1) is 11.3 Å². The van der Waals surface area contributed by atoms with E-state index in [1.165, 1.54) is 11.8 Å². The van der Waals surface area contributed by atoms with Crippen molar-refractivity contribution in [3.63, 3.8) is 0 Å². The standard InChI is InChI=1S/C27H19Cl2N3O2S/c1-34-20-10-7-17(8-11-20)21-14-25(18-5-3-2-4-6-18)32-27(22(21)15-30)35-16-26(33)31-19-9-12-23(28)24(29)13-19/h2-14H,16H2,1H3,(H,31,33). The van der Waals surface area contributed by atoms with Gasteiger partial charge in [0.25, 0.3) is 0 Å². The first kappa shape index (κ1) is 24.6. The van der Waals surface area contributed by atoms with Crippen LogP contribution in [0.5, 0.6) is 5.75 Å². The van der Waals surface area contributed by atoms with Crippen molar-refractivity contribution in [3.05, 3.63) is 94.5 Å². The molecular formula is C27H19Cl2N3O2S. The van der Waals surface area contributed by atoms with Crippen molar-refractivity contribution < 1.29 is 9.53 Å². The zero-order valence-electron chi connectivity index (χ0n) is 18.6. The van der Waals surface area contributed by atoms with Crippen molar-refractivity contribution in [2.24, 2.45) is 0 Å². The average Bonchev–Trinajstić information content (AvgIpc) is 2.89. The summed E-state index contributed by atoms with van der Waals surface area (Å²) < 4.78 is 5.26. The molecule has 35 heavy (non-hydrogen) atoms. The Labute approximate surface area is 217 Å². The fraction of sp³-hybridized carbons (Fsp3) is 0.0741. The van der Waals surface area contributed by atoms with E-state index < -0.39 is 0 Å². The molecule has 0 atom stereocenters. The number of anilines is 1. The number of pyridine rings is 1. The quantitative estimate of drug-likeness (QED) is 0.258. The lowest BCUT2D eigenvalue weighted by Gasteiger charge is -2.13. The Bertz CT molecular complexity index is 1400. The minimum atomic E-state index is -0.254. The van der Waals surface area contributed by atoms with Crippen LogP contribution >= 0.6 is 35.0 Å². The molecule has 0 spiro atoms. The predicted octanol–water partition coefficient (Wildman–Crippen LogP) is 7.33. The summed E-state index contributed by atoms with van der Waals surface area (Å²) in [5, 5.41) is 14.1. The molecule has 0 aliphatic rings. The maximum atomic E-state index is 12.6. The lowest BCUT2D eigenvalue weighted by Crippen LogP contribution is -2.14. The van der Waals surface area contributed by atoms with Gasteiger partial charge in [0.15, 0.2) is 0 Å². The van der Waals surface area contributed by atoms with E-state index in [4.69, 9.17) is 32.9 Å². The number of rotatable bonds is 7. The third-order valence-corrected chi connectivity index (χ3v) is 6.83. The zero-order valence-corrected chi connectivity index (χ0v) is 20.9. The van der Waals surface area contributed by atoms with Crippen LogP contribution in [0.2, 0.25) is 10.0 Å². The summed E-state index contributed by atoms with van der Waals surface area (Å²) in [5.74, 6) is 0.524. The molecule has 0 saturated heterocycles. The number of halogens is 2. The molecule has 1 amide bonds. The minimum absolute atomic E-state index is 0.0578. The number of ether oxygens (including phenoxy) is 1. The van der Waals surface area contributed by atoms with Gasteiger partial charge in [-0.1, -0.05) is 77.4 Å². The largest absolute Gasteiger partial charge is 0.497 e. The van der Waals surface area contributed by atoms with Crippen LogP contribution in [0.4, 0.5) is 5.69 Å². The first-order valence-corrected chi connectivity index (χ1v) is 12.3. The second-order valence-electron chi connectivity index (χ2n) is 7.41. The molecule has 0 radical (unpaired) electrons. The summed E-state index contributed by atoms with van der Waals surface area (Å²) in [7, 11) is 1.60. The highest BCUT2D eigenvalue weighted by molar-refractivity contribution is 8.00. The molecule has 1 heterocycles. The Balaban J connectivity index is 1.67. The van der Waals surface area contributed by atoms with Gasteiger partial charge in [0.2, 0.25) is 5.91 Å². The number of nitrogens with zero attached hydrogens (tertiary/aromatic N) is 2. The van der Waals surface area contributed by atoms with E-state index in [2.05, 4.69) is 11.4 Å². The molecule has 0 saturated carbocycles. The summed E-state index contributed by atoms with van der Waals surface area (Å²) in [6.45, 7) is 0. The van der Waals surface area contributed by atoms with Crippen molar-refractivity contribution in [1.82, 2.24) is 4.98 Å². The molecule has 5 nitrogen and oxygen atoms in total. The number of nitriles is 1. The summed E-state index contributed by atoms with van der Waals surface area (Å²) in [6.07, 6.45) is 0. The molecule has 0 aliphatic carbocycles. The Hall–Kier alpha value is -3.50. The third kappa shape index (κ3) is 5.95. The fourth-order valence-electron chi connectivity index (χ4n) is 3.39. The van der Waals surface area contributed by atoms with Gasteiger partial charge in [0.05, 0.1) is 34.2 Å². The Morgan fingerprint density at radius 2 is 1.74 bits per heavy atom. The van der Waals surface area contributed by atoms with Crippen molar-refractivity contribution in [2.75, 3.05) is 18.2 Å². The Kier molecular flexibility index (Phi) is 7.94. The van der Waals surface area contributed by atoms with Crippen LogP contribution in [-0.2, 0) is 4.79 Å². The van der Waals surface area contributed by atoms with E-state index in [0.29, 0.717) is 32.0 Å². The summed E-state index contributed by atoms with van der Waals surface area (Å²) in [4.78, 5) is 17.4. The summed E-state index contributed by atoms with van der Waals surface area (Å²) >= 11 is 13.2. The molecule has 0 aliphatic heterocycles. The molecule has 174 valence electrons. The van der Waals surface area contributed by atoms with Gasteiger partial charge in [-0.25, -0.2) is 4.98 Å². The normalized spacial score (nSPS) is 10.5. The number of thioether (sulfide) groups is 1. The maximum Gasteiger partial charge on any atom is 0.234 e. The molecule has 1 aromatic heterocycles. The van der Waals surface area contributed by atoms with E-state index in [-0.39, 0.29) is 11.7 Å². The van der Waals surface area contributed by atoms with Gasteiger partial charge in [-0.05, 0) is 42.0 Å². The van der Waals surface area contributed by atoms with Gasteiger partial charge in [-0.2, -0.15) is 5.26 Å². The second kappa shape index (κ2) is 11.3. The number of aromatic nitrogens is 1. The van der Waals surface area contributed by atoms with Crippen LogP contribution in [0.3, 0.4) is 0 Å².